The monoisotopic (exact) mass is 430 g/mol. The Morgan fingerprint density at radius 3 is 2.70 bits per heavy atom. The fraction of sp³-hybridized carbons (Fsp3) is 0.316. The molecule has 8 heteroatoms. The highest BCUT2D eigenvalue weighted by atomic mass is 35.5. The molecule has 0 fully saturated rings. The minimum absolute atomic E-state index is 0.0265. The van der Waals surface area contributed by atoms with Crippen LogP contribution in [0.25, 0.3) is 0 Å². The van der Waals surface area contributed by atoms with E-state index in [4.69, 9.17) is 33.7 Å². The maximum atomic E-state index is 13.8. The maximum absolute atomic E-state index is 13.8. The molecule has 2 rings (SSSR count). The molecule has 2 aromatic carbocycles. The van der Waals surface area contributed by atoms with Gasteiger partial charge < -0.3 is 15.8 Å². The summed E-state index contributed by atoms with van der Waals surface area (Å²) in [4.78, 5) is 11.5. The van der Waals surface area contributed by atoms with Crippen LogP contribution in [0.4, 0.5) is 4.39 Å². The number of primary amides is 1. The van der Waals surface area contributed by atoms with E-state index in [1.54, 1.807) is 30.0 Å². The van der Waals surface area contributed by atoms with Crippen molar-refractivity contribution in [3.63, 3.8) is 0 Å². The first-order valence-corrected chi connectivity index (χ1v) is 10.4. The average Bonchev–Trinajstić information content (AvgIpc) is 2.62. The van der Waals surface area contributed by atoms with Gasteiger partial charge in [0.15, 0.2) is 0 Å². The smallest absolute Gasteiger partial charge is 0.234 e. The molecule has 146 valence electrons. The molecule has 1 amide bonds. The van der Waals surface area contributed by atoms with Gasteiger partial charge in [-0.05, 0) is 48.3 Å². The van der Waals surface area contributed by atoms with Crippen LogP contribution < -0.4 is 15.8 Å². The minimum atomic E-state index is -0.429. The molecule has 0 bridgehead atoms. The number of carbonyl (C=O) groups excluding carboxylic acids is 1. The third kappa shape index (κ3) is 6.57. The summed E-state index contributed by atoms with van der Waals surface area (Å²) < 4.78 is 19.4. The fourth-order valence-electron chi connectivity index (χ4n) is 2.41. The van der Waals surface area contributed by atoms with E-state index in [1.165, 1.54) is 12.1 Å². The van der Waals surface area contributed by atoms with Gasteiger partial charge in [0, 0.05) is 12.1 Å². The third-order valence-corrected chi connectivity index (χ3v) is 5.23. The molecular formula is C19H21Cl2FN2O2S. The zero-order valence-corrected chi connectivity index (χ0v) is 17.1. The maximum Gasteiger partial charge on any atom is 0.234 e. The lowest BCUT2D eigenvalue weighted by molar-refractivity contribution is -0.120. The van der Waals surface area contributed by atoms with Crippen LogP contribution in [0.3, 0.4) is 0 Å². The number of carbonyl (C=O) groups is 1. The van der Waals surface area contributed by atoms with Crippen molar-refractivity contribution in [3.8, 4) is 5.75 Å². The summed E-state index contributed by atoms with van der Waals surface area (Å²) in [5, 5.41) is 3.83. The lowest BCUT2D eigenvalue weighted by Gasteiger charge is -2.16. The molecule has 0 spiro atoms. The van der Waals surface area contributed by atoms with Crippen LogP contribution in [0, 0.1) is 5.82 Å². The van der Waals surface area contributed by atoms with Crippen LogP contribution in [-0.4, -0.2) is 24.0 Å². The number of halogens is 3. The number of benzene rings is 2. The topological polar surface area (TPSA) is 64.3 Å². The van der Waals surface area contributed by atoms with E-state index in [1.807, 2.05) is 12.3 Å². The Morgan fingerprint density at radius 1 is 1.30 bits per heavy atom. The van der Waals surface area contributed by atoms with Gasteiger partial charge in [-0.3, -0.25) is 4.79 Å². The molecule has 1 atom stereocenters. The summed E-state index contributed by atoms with van der Waals surface area (Å²) in [7, 11) is 0. The number of nitrogens with one attached hydrogen (secondary N) is 1. The van der Waals surface area contributed by atoms with Crippen molar-refractivity contribution in [2.75, 3.05) is 12.0 Å². The zero-order chi connectivity index (χ0) is 19.8. The van der Waals surface area contributed by atoms with Crippen molar-refractivity contribution in [1.29, 1.82) is 0 Å². The van der Waals surface area contributed by atoms with Crippen molar-refractivity contribution in [2.45, 2.75) is 25.6 Å². The summed E-state index contributed by atoms with van der Waals surface area (Å²) in [5.41, 5.74) is 6.57. The predicted octanol–water partition coefficient (Wildman–Crippen LogP) is 4.41. The Kier molecular flexibility index (Phi) is 8.70. The molecule has 2 aromatic rings. The largest absolute Gasteiger partial charge is 0.487 e. The molecule has 0 saturated heterocycles. The number of rotatable bonds is 10. The lowest BCUT2D eigenvalue weighted by atomic mass is 10.1. The number of ether oxygens (including phenoxy) is 1. The first-order valence-electron chi connectivity index (χ1n) is 8.28. The second-order valence-corrected chi connectivity index (χ2v) is 7.67. The number of hydrogen-bond acceptors (Lipinski definition) is 4. The highest BCUT2D eigenvalue weighted by molar-refractivity contribution is 7.98. The molecule has 0 heterocycles. The average molecular weight is 431 g/mol. The fourth-order valence-corrected chi connectivity index (χ4v) is 3.36. The first kappa shape index (κ1) is 21.8. The van der Waals surface area contributed by atoms with Gasteiger partial charge in [0.1, 0.15) is 18.2 Å². The quantitative estimate of drug-likeness (QED) is 0.585. The SMILES string of the molecule is CSCC[C@H](NCc1ccc(OCc2c(F)cccc2Cl)c(Cl)c1)C(N)=O. The molecule has 3 N–H and O–H groups in total. The summed E-state index contributed by atoms with van der Waals surface area (Å²) in [6.45, 7) is 0.419. The van der Waals surface area contributed by atoms with Gasteiger partial charge in [-0.1, -0.05) is 35.3 Å². The first-order chi connectivity index (χ1) is 12.9. The van der Waals surface area contributed by atoms with Crippen LogP contribution in [0.2, 0.25) is 10.0 Å². The minimum Gasteiger partial charge on any atom is -0.487 e. The number of hydrogen-bond donors (Lipinski definition) is 2. The molecule has 0 aliphatic heterocycles. The lowest BCUT2D eigenvalue weighted by Crippen LogP contribution is -2.41. The summed E-state index contributed by atoms with van der Waals surface area (Å²) in [6, 6.07) is 9.34. The van der Waals surface area contributed by atoms with Gasteiger partial charge in [-0.15, -0.1) is 0 Å². The van der Waals surface area contributed by atoms with E-state index < -0.39 is 11.9 Å². The normalized spacial score (nSPS) is 12.0. The second kappa shape index (κ2) is 10.8. The van der Waals surface area contributed by atoms with Crippen LogP contribution in [0.5, 0.6) is 5.75 Å². The van der Waals surface area contributed by atoms with Crippen LogP contribution in [0.1, 0.15) is 17.5 Å². The van der Waals surface area contributed by atoms with Crippen LogP contribution >= 0.6 is 35.0 Å². The molecule has 0 unspecified atom stereocenters. The van der Waals surface area contributed by atoms with Gasteiger partial charge in [0.05, 0.1) is 16.1 Å². The van der Waals surface area contributed by atoms with E-state index in [0.29, 0.717) is 28.8 Å². The summed E-state index contributed by atoms with van der Waals surface area (Å²) in [5.74, 6) is 0.458. The number of thioether (sulfide) groups is 1. The van der Waals surface area contributed by atoms with Gasteiger partial charge in [-0.25, -0.2) is 4.39 Å². The Morgan fingerprint density at radius 2 is 2.07 bits per heavy atom. The van der Waals surface area contributed by atoms with Crippen molar-refractivity contribution in [1.82, 2.24) is 5.32 Å². The van der Waals surface area contributed by atoms with Crippen molar-refractivity contribution < 1.29 is 13.9 Å². The molecule has 0 aliphatic carbocycles. The Labute approximate surface area is 172 Å². The highest BCUT2D eigenvalue weighted by Gasteiger charge is 2.14. The molecular weight excluding hydrogens is 410 g/mol. The predicted molar refractivity (Wildman–Crippen MR) is 110 cm³/mol. The van der Waals surface area contributed by atoms with Gasteiger partial charge in [0.2, 0.25) is 5.91 Å². The van der Waals surface area contributed by atoms with E-state index in [2.05, 4.69) is 5.32 Å². The van der Waals surface area contributed by atoms with Crippen LogP contribution in [0.15, 0.2) is 36.4 Å². The third-order valence-electron chi connectivity index (χ3n) is 3.94. The summed E-state index contributed by atoms with van der Waals surface area (Å²) >= 11 is 13.9. The standard InChI is InChI=1S/C19H21Cl2FN2O2S/c1-27-8-7-17(19(23)25)24-10-12-5-6-18(15(21)9-12)26-11-13-14(20)3-2-4-16(13)22/h2-6,9,17,24H,7-8,10-11H2,1H3,(H2,23,25)/t17-/m0/s1. The van der Waals surface area contributed by atoms with Crippen LogP contribution in [-0.2, 0) is 17.9 Å². The molecule has 0 aromatic heterocycles. The number of nitrogens with two attached hydrogens (primary N) is 1. The Balaban J connectivity index is 1.97. The van der Waals surface area contributed by atoms with E-state index in [9.17, 15) is 9.18 Å². The van der Waals surface area contributed by atoms with Gasteiger partial charge in [0.25, 0.3) is 0 Å². The molecule has 0 saturated carbocycles. The molecule has 0 aliphatic rings. The van der Waals surface area contributed by atoms with Crippen molar-refractivity contribution in [2.24, 2.45) is 5.73 Å². The summed E-state index contributed by atoms with van der Waals surface area (Å²) in [6.07, 6.45) is 2.64. The van der Waals surface area contributed by atoms with E-state index in [0.717, 1.165) is 11.3 Å². The van der Waals surface area contributed by atoms with Crippen molar-refractivity contribution >= 4 is 40.9 Å². The van der Waals surface area contributed by atoms with Gasteiger partial charge >= 0.3 is 0 Å². The van der Waals surface area contributed by atoms with E-state index >= 15 is 0 Å². The zero-order valence-electron chi connectivity index (χ0n) is 14.8. The molecule has 0 radical (unpaired) electrons. The van der Waals surface area contributed by atoms with Gasteiger partial charge in [-0.2, -0.15) is 11.8 Å². The van der Waals surface area contributed by atoms with E-state index in [-0.39, 0.29) is 18.1 Å². The second-order valence-electron chi connectivity index (χ2n) is 5.87. The number of amides is 1. The van der Waals surface area contributed by atoms with Crippen molar-refractivity contribution in [3.05, 3.63) is 63.4 Å². The molecule has 27 heavy (non-hydrogen) atoms. The molecule has 4 nitrogen and oxygen atoms in total. The Bertz CT molecular complexity index is 772. The highest BCUT2D eigenvalue weighted by Crippen LogP contribution is 2.28. The Hall–Kier alpha value is -1.47.